The molecule has 6 heteroatoms. The predicted octanol–water partition coefficient (Wildman–Crippen LogP) is 4.94. The first-order valence-electron chi connectivity index (χ1n) is 10.9. The predicted molar refractivity (Wildman–Crippen MR) is 128 cm³/mol. The molecule has 0 spiro atoms. The maximum absolute atomic E-state index is 13.4. The molecule has 0 aliphatic rings. The van der Waals surface area contributed by atoms with Crippen LogP contribution in [0.25, 0.3) is 0 Å². The molecule has 0 bridgehead atoms. The number of nitrogens with one attached hydrogen (secondary N) is 1. The van der Waals surface area contributed by atoms with E-state index in [9.17, 15) is 9.59 Å². The van der Waals surface area contributed by atoms with E-state index in [0.29, 0.717) is 29.2 Å². The Morgan fingerprint density at radius 3 is 2.21 bits per heavy atom. The second-order valence-electron chi connectivity index (χ2n) is 9.14. The van der Waals surface area contributed by atoms with Gasteiger partial charge in [0.15, 0.2) is 0 Å². The number of rotatable bonds is 9. The second-order valence-corrected chi connectivity index (χ2v) is 9.14. The Morgan fingerprint density at radius 1 is 1.00 bits per heavy atom. The van der Waals surface area contributed by atoms with E-state index in [1.54, 1.807) is 48.5 Å². The summed E-state index contributed by atoms with van der Waals surface area (Å²) < 4.78 is 16.8. The van der Waals surface area contributed by atoms with Crippen LogP contribution in [-0.2, 0) is 9.53 Å². The maximum atomic E-state index is 13.4. The van der Waals surface area contributed by atoms with Gasteiger partial charge in [0.25, 0.3) is 5.91 Å². The van der Waals surface area contributed by atoms with Gasteiger partial charge in [-0.25, -0.2) is 4.79 Å². The van der Waals surface area contributed by atoms with Crippen molar-refractivity contribution in [2.45, 2.75) is 53.2 Å². The van der Waals surface area contributed by atoms with Crippen molar-refractivity contribution in [2.75, 3.05) is 13.2 Å². The molecule has 1 atom stereocenters. The zero-order valence-corrected chi connectivity index (χ0v) is 20.2. The number of amides is 1. The monoisotopic (exact) mass is 451 g/mol. The topological polar surface area (TPSA) is 73.9 Å². The molecule has 1 unspecified atom stereocenters. The minimum absolute atomic E-state index is 0.0195. The van der Waals surface area contributed by atoms with Crippen molar-refractivity contribution in [3.63, 3.8) is 0 Å². The van der Waals surface area contributed by atoms with Gasteiger partial charge in [0, 0.05) is 11.1 Å². The number of carbonyl (C=O) groups excluding carboxylic acids is 2. The Bertz CT molecular complexity index is 996. The molecule has 0 aromatic heterocycles. The van der Waals surface area contributed by atoms with Crippen molar-refractivity contribution in [1.29, 1.82) is 0 Å². The summed E-state index contributed by atoms with van der Waals surface area (Å²) in [6.07, 6.45) is 4.10. The molecule has 33 heavy (non-hydrogen) atoms. The van der Waals surface area contributed by atoms with Crippen molar-refractivity contribution in [1.82, 2.24) is 5.32 Å². The van der Waals surface area contributed by atoms with E-state index >= 15 is 0 Å². The van der Waals surface area contributed by atoms with Crippen LogP contribution in [0.4, 0.5) is 0 Å². The Hall–Kier alpha value is -3.46. The van der Waals surface area contributed by atoms with Crippen molar-refractivity contribution >= 4 is 11.9 Å². The fourth-order valence-electron chi connectivity index (χ4n) is 2.80. The molecule has 176 valence electrons. The quantitative estimate of drug-likeness (QED) is 0.432. The molecule has 1 N–H and O–H groups in total. The lowest BCUT2D eigenvalue weighted by molar-refractivity contribution is -0.133. The summed E-state index contributed by atoms with van der Waals surface area (Å²) in [5.41, 5.74) is -0.114. The lowest BCUT2D eigenvalue weighted by atomic mass is 9.76. The molecular formula is C27H33NO5. The lowest BCUT2D eigenvalue weighted by Gasteiger charge is -2.40. The number of hydrogen-bond acceptors (Lipinski definition) is 5. The van der Waals surface area contributed by atoms with E-state index in [1.807, 2.05) is 41.5 Å². The summed E-state index contributed by atoms with van der Waals surface area (Å²) >= 11 is 0. The zero-order valence-electron chi connectivity index (χ0n) is 20.2. The van der Waals surface area contributed by atoms with Crippen LogP contribution in [0.5, 0.6) is 11.5 Å². The van der Waals surface area contributed by atoms with E-state index in [4.69, 9.17) is 20.6 Å². The van der Waals surface area contributed by atoms with Crippen LogP contribution in [0, 0.1) is 17.8 Å². The molecule has 6 nitrogen and oxygen atoms in total. The average molecular weight is 452 g/mol. The number of ether oxygens (including phenoxy) is 3. The molecule has 0 saturated heterocycles. The molecule has 0 aliphatic heterocycles. The minimum atomic E-state index is -1.24. The highest BCUT2D eigenvalue weighted by molar-refractivity contribution is 5.93. The van der Waals surface area contributed by atoms with Crippen LogP contribution in [0.3, 0.4) is 0 Å². The summed E-state index contributed by atoms with van der Waals surface area (Å²) in [4.78, 5) is 26.4. The van der Waals surface area contributed by atoms with Crippen LogP contribution in [0.1, 0.15) is 63.6 Å². The van der Waals surface area contributed by atoms with Crippen LogP contribution in [-0.4, -0.2) is 30.6 Å². The molecule has 0 saturated carbocycles. The standard InChI is InChI=1S/C27H33NO5/c1-8-18-32-22-13-11-10-12-21(22)23(24(29)28-27(6,7)26(3,4)5)33-25(30)19-14-16-20(17-15-19)31-9-2/h1,10-17,23H,9,18H2,2-7H3,(H,28,29). The zero-order chi connectivity index (χ0) is 24.6. The third-order valence-corrected chi connectivity index (χ3v) is 5.69. The highest BCUT2D eigenvalue weighted by Crippen LogP contribution is 2.33. The first-order chi connectivity index (χ1) is 15.5. The highest BCUT2D eigenvalue weighted by atomic mass is 16.5. The summed E-state index contributed by atoms with van der Waals surface area (Å²) in [7, 11) is 0. The summed E-state index contributed by atoms with van der Waals surface area (Å²) in [6.45, 7) is 12.3. The highest BCUT2D eigenvalue weighted by Gasteiger charge is 2.38. The second kappa shape index (κ2) is 10.9. The van der Waals surface area contributed by atoms with Gasteiger partial charge >= 0.3 is 5.97 Å². The van der Waals surface area contributed by atoms with E-state index in [-0.39, 0.29) is 12.0 Å². The molecule has 0 radical (unpaired) electrons. The van der Waals surface area contributed by atoms with Gasteiger partial charge in [-0.1, -0.05) is 44.9 Å². The summed E-state index contributed by atoms with van der Waals surface area (Å²) in [6, 6.07) is 13.4. The lowest BCUT2D eigenvalue weighted by Crippen LogP contribution is -2.54. The minimum Gasteiger partial charge on any atom is -0.494 e. The molecule has 0 heterocycles. The molecule has 1 amide bonds. The normalized spacial score (nSPS) is 12.3. The van der Waals surface area contributed by atoms with E-state index in [1.165, 1.54) is 0 Å². The maximum Gasteiger partial charge on any atom is 0.339 e. The first-order valence-corrected chi connectivity index (χ1v) is 10.9. The smallest absolute Gasteiger partial charge is 0.339 e. The van der Waals surface area contributed by atoms with Gasteiger partial charge < -0.3 is 19.5 Å². The molecule has 0 aliphatic carbocycles. The Balaban J connectivity index is 2.40. The number of carbonyl (C=O) groups is 2. The van der Waals surface area contributed by atoms with Crippen molar-refractivity contribution in [2.24, 2.45) is 5.41 Å². The summed E-state index contributed by atoms with van der Waals surface area (Å²) in [5.74, 6) is 2.34. The fourth-order valence-corrected chi connectivity index (χ4v) is 2.80. The Kier molecular flexibility index (Phi) is 8.53. The van der Waals surface area contributed by atoms with Crippen LogP contribution >= 0.6 is 0 Å². The van der Waals surface area contributed by atoms with E-state index in [2.05, 4.69) is 11.2 Å². The Labute approximate surface area is 196 Å². The van der Waals surface area contributed by atoms with Crippen molar-refractivity contribution < 1.29 is 23.8 Å². The Morgan fingerprint density at radius 2 is 1.64 bits per heavy atom. The number of benzene rings is 2. The summed E-state index contributed by atoms with van der Waals surface area (Å²) in [5, 5.41) is 3.03. The molecule has 2 aromatic carbocycles. The third kappa shape index (κ3) is 6.76. The molecular weight excluding hydrogens is 418 g/mol. The van der Waals surface area contributed by atoms with Crippen molar-refractivity contribution in [3.05, 3.63) is 59.7 Å². The van der Waals surface area contributed by atoms with Crippen molar-refractivity contribution in [3.8, 4) is 23.8 Å². The van der Waals surface area contributed by atoms with Gasteiger partial charge in [-0.05, 0) is 56.5 Å². The van der Waals surface area contributed by atoms with Gasteiger partial charge in [0.2, 0.25) is 6.10 Å². The molecule has 0 fully saturated rings. The first kappa shape index (κ1) is 25.8. The van der Waals surface area contributed by atoms with E-state index < -0.39 is 23.5 Å². The van der Waals surface area contributed by atoms with Gasteiger partial charge in [0.1, 0.15) is 18.1 Å². The van der Waals surface area contributed by atoms with Crippen LogP contribution in [0.15, 0.2) is 48.5 Å². The van der Waals surface area contributed by atoms with Gasteiger partial charge in [-0.3, -0.25) is 4.79 Å². The fraction of sp³-hybridized carbons (Fsp3) is 0.407. The van der Waals surface area contributed by atoms with Gasteiger partial charge in [-0.2, -0.15) is 0 Å². The average Bonchev–Trinajstić information content (AvgIpc) is 2.75. The number of para-hydroxylation sites is 1. The SMILES string of the molecule is C#CCOc1ccccc1C(OC(=O)c1ccc(OCC)cc1)C(=O)NC(C)(C)C(C)(C)C. The van der Waals surface area contributed by atoms with Gasteiger partial charge in [-0.15, -0.1) is 6.42 Å². The van der Waals surface area contributed by atoms with Crippen LogP contribution < -0.4 is 14.8 Å². The number of hydrogen-bond donors (Lipinski definition) is 1. The van der Waals surface area contributed by atoms with E-state index in [0.717, 1.165) is 0 Å². The third-order valence-electron chi connectivity index (χ3n) is 5.69. The molecule has 2 aromatic rings. The number of terminal acetylenes is 1. The number of esters is 1. The largest absolute Gasteiger partial charge is 0.494 e. The molecule has 2 rings (SSSR count). The van der Waals surface area contributed by atoms with Crippen LogP contribution in [0.2, 0.25) is 0 Å². The van der Waals surface area contributed by atoms with Gasteiger partial charge in [0.05, 0.1) is 12.2 Å².